The molecule has 0 heterocycles. The van der Waals surface area contributed by atoms with Crippen molar-refractivity contribution in [2.75, 3.05) is 19.5 Å². The molecule has 0 aliphatic heterocycles. The second-order valence-electron chi connectivity index (χ2n) is 3.59. The zero-order valence-electron chi connectivity index (χ0n) is 10.1. The van der Waals surface area contributed by atoms with Crippen molar-refractivity contribution in [3.8, 4) is 0 Å². The minimum absolute atomic E-state index is 0.369. The van der Waals surface area contributed by atoms with E-state index in [4.69, 9.17) is 16.4 Å². The number of allylic oxidation sites excluding steroid dienone is 1. The molecule has 0 radical (unpaired) electrons. The first kappa shape index (κ1) is 13.5. The fraction of sp³-hybridized carbons (Fsp3) is 0.250. The number of hydrogen-bond donors (Lipinski definition) is 1. The molecular formula is C12H15ClN2O2. The van der Waals surface area contributed by atoms with Gasteiger partial charge in [0.25, 0.3) is 0 Å². The predicted octanol–water partition coefficient (Wildman–Crippen LogP) is 3.40. The molecule has 0 aromatic heterocycles. The highest BCUT2D eigenvalue weighted by Gasteiger charge is 2.09. The van der Waals surface area contributed by atoms with Crippen LogP contribution in [-0.2, 0) is 4.84 Å². The summed E-state index contributed by atoms with van der Waals surface area (Å²) >= 11 is 6.06. The molecule has 92 valence electrons. The molecule has 5 heteroatoms. The minimum atomic E-state index is -0.369. The molecule has 0 fully saturated rings. The Kier molecular flexibility index (Phi) is 4.54. The van der Waals surface area contributed by atoms with Gasteiger partial charge in [0.05, 0.1) is 12.1 Å². The van der Waals surface area contributed by atoms with E-state index < -0.39 is 0 Å². The van der Waals surface area contributed by atoms with E-state index in [-0.39, 0.29) is 6.03 Å². The summed E-state index contributed by atoms with van der Waals surface area (Å²) in [4.78, 5) is 16.3. The summed E-state index contributed by atoms with van der Waals surface area (Å²) in [5.41, 5.74) is 2.35. The number of hydroxylamine groups is 2. The Balaban J connectivity index is 2.84. The number of rotatable bonds is 3. The van der Waals surface area contributed by atoms with Crippen LogP contribution in [0.3, 0.4) is 0 Å². The van der Waals surface area contributed by atoms with Crippen molar-refractivity contribution in [1.82, 2.24) is 5.06 Å². The fourth-order valence-corrected chi connectivity index (χ4v) is 1.57. The number of carbonyl (C=O) groups excluding carboxylic acids is 1. The smallest absolute Gasteiger partial charge is 0.306 e. The van der Waals surface area contributed by atoms with Crippen LogP contribution in [0.1, 0.15) is 12.5 Å². The summed E-state index contributed by atoms with van der Waals surface area (Å²) in [5.74, 6) is 0. The Bertz CT molecular complexity index is 446. The maximum atomic E-state index is 11.5. The van der Waals surface area contributed by atoms with E-state index in [1.807, 2.05) is 13.0 Å². The molecule has 0 aliphatic rings. The van der Waals surface area contributed by atoms with Gasteiger partial charge in [-0.15, -0.1) is 0 Å². The van der Waals surface area contributed by atoms with Gasteiger partial charge in [0.2, 0.25) is 0 Å². The molecule has 0 saturated carbocycles. The van der Waals surface area contributed by atoms with Crippen molar-refractivity contribution in [2.24, 2.45) is 0 Å². The van der Waals surface area contributed by atoms with Gasteiger partial charge in [0, 0.05) is 12.7 Å². The number of amides is 2. The molecule has 17 heavy (non-hydrogen) atoms. The van der Waals surface area contributed by atoms with E-state index in [9.17, 15) is 4.79 Å². The number of urea groups is 1. The topological polar surface area (TPSA) is 41.6 Å². The maximum absolute atomic E-state index is 11.5. The van der Waals surface area contributed by atoms with Crippen LogP contribution in [0.2, 0.25) is 5.02 Å². The minimum Gasteiger partial charge on any atom is -0.306 e. The van der Waals surface area contributed by atoms with Gasteiger partial charge < -0.3 is 5.32 Å². The van der Waals surface area contributed by atoms with Crippen LogP contribution < -0.4 is 5.32 Å². The lowest BCUT2D eigenvalue weighted by Crippen LogP contribution is -2.30. The summed E-state index contributed by atoms with van der Waals surface area (Å²) in [6.45, 7) is 5.69. The SMILES string of the molecule is C=C(C)c1ccc(NC(=O)N(C)OC)cc1Cl. The molecule has 0 spiro atoms. The molecule has 4 nitrogen and oxygen atoms in total. The van der Waals surface area contributed by atoms with E-state index >= 15 is 0 Å². The van der Waals surface area contributed by atoms with Crippen molar-refractivity contribution in [3.63, 3.8) is 0 Å². The largest absolute Gasteiger partial charge is 0.345 e. The fourth-order valence-electron chi connectivity index (χ4n) is 1.22. The molecule has 0 saturated heterocycles. The van der Waals surface area contributed by atoms with Gasteiger partial charge in [-0.25, -0.2) is 9.86 Å². The standard InChI is InChI=1S/C12H15ClN2O2/c1-8(2)10-6-5-9(7-11(10)13)14-12(16)15(3)17-4/h5-7H,1H2,2-4H3,(H,14,16). The lowest BCUT2D eigenvalue weighted by molar-refractivity contribution is -0.0598. The molecule has 0 bridgehead atoms. The Hall–Kier alpha value is -1.52. The van der Waals surface area contributed by atoms with Crippen LogP contribution in [0.4, 0.5) is 10.5 Å². The highest BCUT2D eigenvalue weighted by Crippen LogP contribution is 2.25. The average molecular weight is 255 g/mol. The van der Waals surface area contributed by atoms with E-state index in [1.54, 1.807) is 12.1 Å². The highest BCUT2D eigenvalue weighted by atomic mass is 35.5. The first-order valence-corrected chi connectivity index (χ1v) is 5.37. The molecule has 0 atom stereocenters. The number of hydrogen-bond acceptors (Lipinski definition) is 2. The lowest BCUT2D eigenvalue weighted by Gasteiger charge is -2.15. The molecule has 0 unspecified atom stereocenters. The summed E-state index contributed by atoms with van der Waals surface area (Å²) in [7, 11) is 2.93. The number of carbonyl (C=O) groups is 1. The summed E-state index contributed by atoms with van der Waals surface area (Å²) in [6, 6.07) is 4.88. The van der Waals surface area contributed by atoms with Crippen LogP contribution in [0.5, 0.6) is 0 Å². The van der Waals surface area contributed by atoms with Gasteiger partial charge in [-0.1, -0.05) is 24.2 Å². The molecule has 0 aliphatic carbocycles. The molecule has 1 rings (SSSR count). The van der Waals surface area contributed by atoms with E-state index in [2.05, 4.69) is 11.9 Å². The Morgan fingerprint density at radius 2 is 2.18 bits per heavy atom. The van der Waals surface area contributed by atoms with Crippen LogP contribution in [0.25, 0.3) is 5.57 Å². The van der Waals surface area contributed by atoms with Crippen molar-refractivity contribution in [3.05, 3.63) is 35.4 Å². The third kappa shape index (κ3) is 3.47. The van der Waals surface area contributed by atoms with Gasteiger partial charge in [0.15, 0.2) is 0 Å². The summed E-state index contributed by atoms with van der Waals surface area (Å²) < 4.78 is 0. The lowest BCUT2D eigenvalue weighted by atomic mass is 10.1. The first-order chi connectivity index (χ1) is 7.95. The molecular weight excluding hydrogens is 240 g/mol. The van der Waals surface area contributed by atoms with Crippen LogP contribution in [-0.4, -0.2) is 25.3 Å². The quantitative estimate of drug-likeness (QED) is 0.840. The molecule has 1 N–H and O–H groups in total. The monoisotopic (exact) mass is 254 g/mol. The van der Waals surface area contributed by atoms with Crippen LogP contribution >= 0.6 is 11.6 Å². The Labute approximate surface area is 106 Å². The summed E-state index contributed by atoms with van der Waals surface area (Å²) in [6.07, 6.45) is 0. The van der Waals surface area contributed by atoms with Crippen molar-refractivity contribution in [2.45, 2.75) is 6.92 Å². The highest BCUT2D eigenvalue weighted by molar-refractivity contribution is 6.32. The average Bonchev–Trinajstić information content (AvgIpc) is 2.27. The second kappa shape index (κ2) is 5.70. The Morgan fingerprint density at radius 3 is 2.65 bits per heavy atom. The molecule has 2 amide bonds. The zero-order valence-corrected chi connectivity index (χ0v) is 10.8. The number of anilines is 1. The van der Waals surface area contributed by atoms with Gasteiger partial charge in [-0.3, -0.25) is 4.84 Å². The molecule has 1 aromatic rings. The van der Waals surface area contributed by atoms with Gasteiger partial charge in [-0.05, 0) is 30.2 Å². The predicted molar refractivity (Wildman–Crippen MR) is 70.0 cm³/mol. The van der Waals surface area contributed by atoms with E-state index in [0.29, 0.717) is 10.7 Å². The normalized spacial score (nSPS) is 9.88. The zero-order chi connectivity index (χ0) is 13.0. The molecule has 1 aromatic carbocycles. The number of nitrogens with one attached hydrogen (secondary N) is 1. The van der Waals surface area contributed by atoms with E-state index in [1.165, 1.54) is 14.2 Å². The second-order valence-corrected chi connectivity index (χ2v) is 3.99. The van der Waals surface area contributed by atoms with Gasteiger partial charge in [0.1, 0.15) is 0 Å². The number of halogens is 1. The summed E-state index contributed by atoms with van der Waals surface area (Å²) in [5, 5.41) is 4.28. The van der Waals surface area contributed by atoms with Crippen molar-refractivity contribution in [1.29, 1.82) is 0 Å². The maximum Gasteiger partial charge on any atom is 0.345 e. The number of benzene rings is 1. The number of nitrogens with zero attached hydrogens (tertiary/aromatic N) is 1. The Morgan fingerprint density at radius 1 is 1.53 bits per heavy atom. The first-order valence-electron chi connectivity index (χ1n) is 5.00. The van der Waals surface area contributed by atoms with Crippen molar-refractivity contribution < 1.29 is 9.63 Å². The third-order valence-corrected chi connectivity index (χ3v) is 2.55. The third-order valence-electron chi connectivity index (χ3n) is 2.24. The van der Waals surface area contributed by atoms with Gasteiger partial charge in [-0.2, -0.15) is 0 Å². The van der Waals surface area contributed by atoms with Crippen LogP contribution in [0, 0.1) is 0 Å². The van der Waals surface area contributed by atoms with Crippen LogP contribution in [0.15, 0.2) is 24.8 Å². The van der Waals surface area contributed by atoms with Gasteiger partial charge >= 0.3 is 6.03 Å². The van der Waals surface area contributed by atoms with Crippen molar-refractivity contribution >= 4 is 28.9 Å². The van der Waals surface area contributed by atoms with E-state index in [0.717, 1.165) is 16.2 Å².